The van der Waals surface area contributed by atoms with Crippen LogP contribution in [0.2, 0.25) is 5.02 Å². The van der Waals surface area contributed by atoms with E-state index >= 15 is 0 Å². The maximum absolute atomic E-state index is 13.6. The van der Waals surface area contributed by atoms with E-state index in [-0.39, 0.29) is 24.9 Å². The first-order valence-electron chi connectivity index (χ1n) is 22.7. The van der Waals surface area contributed by atoms with E-state index in [1.807, 2.05) is 72.9 Å². The Morgan fingerprint density at radius 3 is 2.45 bits per heavy atom. The van der Waals surface area contributed by atoms with Gasteiger partial charge in [0.05, 0.1) is 41.3 Å². The van der Waals surface area contributed by atoms with E-state index in [0.717, 1.165) is 106 Å². The molecule has 2 aromatic carbocycles. The molecule has 15 nitrogen and oxygen atoms in total. The number of aliphatic carboxylic acids is 1. The molecule has 1 amide bonds. The van der Waals surface area contributed by atoms with E-state index in [2.05, 4.69) is 44.3 Å². The molecule has 1 unspecified atom stereocenters. The molecule has 8 rings (SSSR count). The summed E-state index contributed by atoms with van der Waals surface area (Å²) in [7, 11) is 2.23. The number of unbranched alkanes of at least 4 members (excludes halogenated alkanes) is 5. The smallest absolute Gasteiger partial charge is 0.307 e. The number of methoxy groups -OCH3 is 1. The van der Waals surface area contributed by atoms with E-state index in [1.165, 1.54) is 10.4 Å². The number of fused-ring (bicyclic) bond motifs is 4. The number of carboxylic acid groups (broad SMARTS) is 1. The Labute approximate surface area is 402 Å². The van der Waals surface area contributed by atoms with Crippen LogP contribution in [0.4, 0.5) is 5.69 Å². The standard InChI is InChI=1S/C27H32ClN5O2S.C22H26N4O4S/c1-17-18(2)36-27-24(17)25(20-10-12-21(28)13-11-20)30-22(26-32-31-19(3)33(26)27)16-23(35)29-14-8-6-4-5-7-9-15-34;1-23-17-3-4-19(21(13-17)31(29)25-8-6-18(30-2)7-9-25)15-5-10-26-20(11-15)16(14-24-26)12-22(27)28/h10-13,15,22H,4-9,14,16H2,1-3H3,(H,29,35);3-5,10-11,13-14,18,23H,6-9,12H2,1-2H3,(H,27,28)/t22-;/m0./s1. The molecule has 0 radical (unpaired) electrons. The third-order valence-corrected chi connectivity index (χ3v) is 15.2. The zero-order valence-corrected chi connectivity index (χ0v) is 41.0. The number of aryl methyl sites for hydroxylation is 2. The lowest BCUT2D eigenvalue weighted by Gasteiger charge is -2.30. The number of nitrogens with one attached hydrogen (secondary N) is 2. The normalized spacial score (nSPS) is 15.4. The van der Waals surface area contributed by atoms with Crippen LogP contribution >= 0.6 is 22.9 Å². The molecule has 0 spiro atoms. The van der Waals surface area contributed by atoms with Crippen LogP contribution in [-0.4, -0.2) is 102 Å². The molecule has 67 heavy (non-hydrogen) atoms. The number of pyridine rings is 1. The molecule has 6 heterocycles. The maximum atomic E-state index is 13.6. The van der Waals surface area contributed by atoms with Gasteiger partial charge in [0.1, 0.15) is 34.1 Å². The number of aldehydes is 1. The summed E-state index contributed by atoms with van der Waals surface area (Å²) in [5.74, 6) is 0.509. The number of nitrogens with zero attached hydrogens (tertiary/aromatic N) is 7. The number of carboxylic acids is 1. The number of carbonyl (C=O) groups excluding carboxylic acids is 2. The zero-order chi connectivity index (χ0) is 47.6. The second-order valence-electron chi connectivity index (χ2n) is 16.7. The fourth-order valence-electron chi connectivity index (χ4n) is 8.42. The van der Waals surface area contributed by atoms with Crippen molar-refractivity contribution in [2.45, 2.75) is 102 Å². The van der Waals surface area contributed by atoms with Gasteiger partial charge in [-0.25, -0.2) is 13.0 Å². The number of aliphatic imine (C=N–C) groups is 1. The minimum absolute atomic E-state index is 0.0504. The molecule has 1 fully saturated rings. The van der Waals surface area contributed by atoms with Gasteiger partial charge in [-0.1, -0.05) is 49.1 Å². The molecule has 18 heteroatoms. The molecule has 2 aliphatic heterocycles. The minimum Gasteiger partial charge on any atom is -0.481 e. The van der Waals surface area contributed by atoms with Crippen molar-refractivity contribution < 1.29 is 28.4 Å². The lowest BCUT2D eigenvalue weighted by Crippen LogP contribution is -2.37. The quantitative estimate of drug-likeness (QED) is 0.0556. The molecule has 0 bridgehead atoms. The predicted octanol–water partition coefficient (Wildman–Crippen LogP) is 8.65. The van der Waals surface area contributed by atoms with Crippen molar-refractivity contribution in [2.75, 3.05) is 39.1 Å². The summed E-state index contributed by atoms with van der Waals surface area (Å²) in [6.07, 6.45) is 12.0. The molecule has 4 aromatic heterocycles. The van der Waals surface area contributed by atoms with Gasteiger partial charge in [-0.2, -0.15) is 5.10 Å². The van der Waals surface area contributed by atoms with Gasteiger partial charge in [0.25, 0.3) is 0 Å². The third kappa shape index (κ3) is 11.8. The van der Waals surface area contributed by atoms with Gasteiger partial charge >= 0.3 is 5.97 Å². The van der Waals surface area contributed by atoms with E-state index < -0.39 is 23.0 Å². The number of amides is 1. The molecule has 2 atom stereocenters. The molecule has 3 N–H and O–H groups in total. The fourth-order valence-corrected chi connectivity index (χ4v) is 11.2. The van der Waals surface area contributed by atoms with Crippen molar-refractivity contribution in [2.24, 2.45) is 4.99 Å². The van der Waals surface area contributed by atoms with Crippen LogP contribution in [0.25, 0.3) is 21.6 Å². The highest BCUT2D eigenvalue weighted by Crippen LogP contribution is 2.40. The van der Waals surface area contributed by atoms with E-state index in [0.29, 0.717) is 42.5 Å². The number of aromatic nitrogens is 5. The number of hydrogen-bond acceptors (Lipinski definition) is 11. The number of hydrogen-bond donors (Lipinski definition) is 3. The summed E-state index contributed by atoms with van der Waals surface area (Å²) in [4.78, 5) is 41.6. The fraction of sp³-hybridized carbons (Fsp3) is 0.408. The highest BCUT2D eigenvalue weighted by molar-refractivity contribution is 7.82. The van der Waals surface area contributed by atoms with Gasteiger partial charge in [0.2, 0.25) is 5.91 Å². The SMILES string of the molecule is CNc1ccc(-c2ccn3ncc(CC(=O)O)c3c2)c(S(=O)N2CCC(OC)CC2)c1.Cc1sc2c(c1C)C(c1ccc(Cl)cc1)=N[C@@H](CC(=O)NCCCCCCCC=O)c1nnc(C)n1-2. The molecule has 2 aliphatic rings. The number of thiophene rings is 1. The number of ether oxygens (including phenoxy) is 1. The van der Waals surface area contributed by atoms with Gasteiger partial charge in [-0.15, -0.1) is 21.5 Å². The number of rotatable bonds is 18. The molecule has 6 aromatic rings. The summed E-state index contributed by atoms with van der Waals surface area (Å²) < 4.78 is 24.7. The van der Waals surface area contributed by atoms with Crippen molar-refractivity contribution in [3.63, 3.8) is 0 Å². The molecule has 0 saturated carbocycles. The summed E-state index contributed by atoms with van der Waals surface area (Å²) in [5.41, 5.74) is 8.02. The number of piperidine rings is 1. The van der Waals surface area contributed by atoms with E-state index in [1.54, 1.807) is 35.4 Å². The van der Waals surface area contributed by atoms with Gasteiger partial charge in [0.15, 0.2) is 5.82 Å². The molecule has 0 aliphatic carbocycles. The van der Waals surface area contributed by atoms with Gasteiger partial charge in [0, 0.05) is 78.7 Å². The number of carbonyl (C=O) groups is 3. The van der Waals surface area contributed by atoms with E-state index in [9.17, 15) is 23.7 Å². The van der Waals surface area contributed by atoms with Crippen LogP contribution in [0, 0.1) is 20.8 Å². The maximum Gasteiger partial charge on any atom is 0.307 e. The van der Waals surface area contributed by atoms with Crippen LogP contribution in [0.3, 0.4) is 0 Å². The summed E-state index contributed by atoms with van der Waals surface area (Å²) in [6, 6.07) is 16.9. The number of benzene rings is 2. The minimum atomic E-state index is -1.33. The second kappa shape index (κ2) is 22.9. The van der Waals surface area contributed by atoms with Crippen molar-refractivity contribution in [3.8, 4) is 16.1 Å². The zero-order valence-electron chi connectivity index (χ0n) is 38.6. The van der Waals surface area contributed by atoms with Crippen molar-refractivity contribution >= 4 is 69.0 Å². The topological polar surface area (TPSA) is 185 Å². The Balaban J connectivity index is 0.000000201. The summed E-state index contributed by atoms with van der Waals surface area (Å²) in [6.45, 7) is 8.20. The van der Waals surface area contributed by atoms with Crippen molar-refractivity contribution in [1.29, 1.82) is 0 Å². The van der Waals surface area contributed by atoms with Crippen LogP contribution in [-0.2, 0) is 36.5 Å². The monoisotopic (exact) mass is 967 g/mol. The highest BCUT2D eigenvalue weighted by Gasteiger charge is 2.32. The molecule has 1 saturated heterocycles. The Kier molecular flexibility index (Phi) is 16.9. The average molecular weight is 969 g/mol. The summed E-state index contributed by atoms with van der Waals surface area (Å²) >= 11 is 7.86. The number of halogens is 1. The first kappa shape index (κ1) is 49.3. The Morgan fingerprint density at radius 2 is 1.73 bits per heavy atom. The van der Waals surface area contributed by atoms with Crippen molar-refractivity contribution in [3.05, 3.63) is 111 Å². The third-order valence-electron chi connectivity index (χ3n) is 12.2. The van der Waals surface area contributed by atoms with Crippen molar-refractivity contribution in [1.82, 2.24) is 34.0 Å². The second-order valence-corrected chi connectivity index (χ2v) is 19.8. The van der Waals surface area contributed by atoms with Gasteiger partial charge in [-0.3, -0.25) is 19.1 Å². The molecule has 354 valence electrons. The predicted molar refractivity (Wildman–Crippen MR) is 264 cm³/mol. The average Bonchev–Trinajstić information content (AvgIpc) is 3.98. The first-order chi connectivity index (χ1) is 32.4. The van der Waals surface area contributed by atoms with Crippen LogP contribution < -0.4 is 10.6 Å². The highest BCUT2D eigenvalue weighted by atomic mass is 35.5. The Hall–Kier alpha value is -5.59. The van der Waals surface area contributed by atoms with E-state index in [4.69, 9.17) is 21.3 Å². The first-order valence-corrected chi connectivity index (χ1v) is 25.0. The van der Waals surface area contributed by atoms with Crippen LogP contribution in [0.15, 0.2) is 76.9 Å². The van der Waals surface area contributed by atoms with Crippen LogP contribution in [0.1, 0.15) is 103 Å². The largest absolute Gasteiger partial charge is 0.481 e. The number of anilines is 1. The van der Waals surface area contributed by atoms with Gasteiger partial charge in [-0.05, 0) is 99.5 Å². The summed E-state index contributed by atoms with van der Waals surface area (Å²) in [5, 5.41) is 30.1. The Morgan fingerprint density at radius 1 is 0.985 bits per heavy atom. The molecular weight excluding hydrogens is 910 g/mol. The van der Waals surface area contributed by atoms with Gasteiger partial charge < -0.3 is 25.3 Å². The van der Waals surface area contributed by atoms with Crippen LogP contribution in [0.5, 0.6) is 0 Å². The molecular formula is C49H58ClN9O6S2. The Bertz CT molecular complexity index is 2760. The lowest BCUT2D eigenvalue weighted by atomic mass is 9.99. The lowest BCUT2D eigenvalue weighted by molar-refractivity contribution is -0.136.